The van der Waals surface area contributed by atoms with Gasteiger partial charge in [0.1, 0.15) is 0 Å². The van der Waals surface area contributed by atoms with Crippen LogP contribution in [-0.4, -0.2) is 29.9 Å². The first-order valence-corrected chi connectivity index (χ1v) is 10.4. The number of hydrogen-bond acceptors (Lipinski definition) is 2. The van der Waals surface area contributed by atoms with E-state index in [1.54, 1.807) is 0 Å². The Morgan fingerprint density at radius 1 is 1.00 bits per heavy atom. The Labute approximate surface area is 171 Å². The molecular weight excluding hydrogens is 362 g/mol. The lowest BCUT2D eigenvalue weighted by Gasteiger charge is -2.17. The van der Waals surface area contributed by atoms with Gasteiger partial charge in [0, 0.05) is 48.7 Å². The van der Waals surface area contributed by atoms with Gasteiger partial charge in [-0.05, 0) is 48.9 Å². The van der Waals surface area contributed by atoms with Gasteiger partial charge in [-0.15, -0.1) is 0 Å². The van der Waals surface area contributed by atoms with E-state index in [0.29, 0.717) is 25.8 Å². The summed E-state index contributed by atoms with van der Waals surface area (Å²) in [6.07, 6.45) is 6.30. The van der Waals surface area contributed by atoms with Crippen molar-refractivity contribution in [1.29, 1.82) is 0 Å². The van der Waals surface area contributed by atoms with Gasteiger partial charge in [-0.25, -0.2) is 0 Å². The molecule has 0 spiro atoms. The van der Waals surface area contributed by atoms with E-state index in [-0.39, 0.29) is 11.8 Å². The number of H-pyrrole nitrogens is 1. The molecule has 0 saturated carbocycles. The molecular formula is C24H27N3O2. The number of fused-ring (bicyclic) bond motifs is 2. The molecule has 5 nitrogen and oxygen atoms in total. The number of hydrogen-bond donors (Lipinski definition) is 2. The summed E-state index contributed by atoms with van der Waals surface area (Å²) in [5.41, 5.74) is 4.67. The van der Waals surface area contributed by atoms with Gasteiger partial charge in [-0.1, -0.05) is 36.4 Å². The number of benzene rings is 2. The zero-order chi connectivity index (χ0) is 20.1. The number of para-hydroxylation sites is 2. The maximum absolute atomic E-state index is 12.5. The van der Waals surface area contributed by atoms with Gasteiger partial charge in [-0.3, -0.25) is 9.59 Å². The lowest BCUT2D eigenvalue weighted by atomic mass is 10.1. The van der Waals surface area contributed by atoms with Gasteiger partial charge in [0.05, 0.1) is 0 Å². The number of aryl methyl sites for hydroxylation is 1. The highest BCUT2D eigenvalue weighted by Gasteiger charge is 2.23. The third-order valence-corrected chi connectivity index (χ3v) is 5.60. The zero-order valence-electron chi connectivity index (χ0n) is 16.6. The monoisotopic (exact) mass is 389 g/mol. The summed E-state index contributed by atoms with van der Waals surface area (Å²) in [6, 6.07) is 16.3. The van der Waals surface area contributed by atoms with Crippen LogP contribution in [-0.2, 0) is 22.4 Å². The minimum absolute atomic E-state index is 0.0591. The summed E-state index contributed by atoms with van der Waals surface area (Å²) in [6.45, 7) is 1.31. The number of anilines is 1. The molecule has 0 unspecified atom stereocenters. The van der Waals surface area contributed by atoms with Crippen molar-refractivity contribution in [2.45, 2.75) is 38.5 Å². The Kier molecular flexibility index (Phi) is 5.94. The number of carbonyl (C=O) groups excluding carboxylic acids is 2. The fraction of sp³-hybridized carbons (Fsp3) is 0.333. The van der Waals surface area contributed by atoms with E-state index in [0.717, 1.165) is 37.0 Å². The van der Waals surface area contributed by atoms with E-state index < -0.39 is 0 Å². The van der Waals surface area contributed by atoms with E-state index >= 15 is 0 Å². The second-order valence-electron chi connectivity index (χ2n) is 7.59. The standard InChI is InChI=1S/C24H27N3O2/c28-23(12-5-8-19-17-26-21-10-3-2-9-20(19)21)25-15-6-13-24(29)27-16-14-18-7-1-4-11-22(18)27/h1-4,7,9-11,17,26H,5-6,8,12-16H2,(H,25,28). The largest absolute Gasteiger partial charge is 0.361 e. The minimum Gasteiger partial charge on any atom is -0.361 e. The maximum Gasteiger partial charge on any atom is 0.227 e. The summed E-state index contributed by atoms with van der Waals surface area (Å²) in [7, 11) is 0. The first-order valence-electron chi connectivity index (χ1n) is 10.4. The Balaban J connectivity index is 1.14. The topological polar surface area (TPSA) is 65.2 Å². The first-order chi connectivity index (χ1) is 14.2. The summed E-state index contributed by atoms with van der Waals surface area (Å²) in [5, 5.41) is 4.18. The van der Waals surface area contributed by atoms with E-state index in [4.69, 9.17) is 0 Å². The molecule has 0 saturated heterocycles. The molecule has 2 amide bonds. The first kappa shape index (κ1) is 19.2. The van der Waals surface area contributed by atoms with Crippen LogP contribution in [0.4, 0.5) is 5.69 Å². The SMILES string of the molecule is O=C(CCCc1c[nH]c2ccccc12)NCCCC(=O)N1CCc2ccccc21. The average Bonchev–Trinajstić information content (AvgIpc) is 3.36. The molecule has 0 bridgehead atoms. The molecule has 1 aliphatic heterocycles. The fourth-order valence-corrected chi connectivity index (χ4v) is 4.07. The van der Waals surface area contributed by atoms with Crippen molar-refractivity contribution in [3.05, 3.63) is 65.9 Å². The number of rotatable bonds is 8. The molecule has 0 radical (unpaired) electrons. The zero-order valence-corrected chi connectivity index (χ0v) is 16.6. The Hall–Kier alpha value is -3.08. The Morgan fingerprint density at radius 3 is 2.76 bits per heavy atom. The average molecular weight is 389 g/mol. The van der Waals surface area contributed by atoms with Crippen LogP contribution in [0.3, 0.4) is 0 Å². The molecule has 0 atom stereocenters. The van der Waals surface area contributed by atoms with E-state index in [9.17, 15) is 9.59 Å². The molecule has 5 heteroatoms. The number of aromatic nitrogens is 1. The molecule has 4 rings (SSSR count). The van der Waals surface area contributed by atoms with Gasteiger partial charge in [0.15, 0.2) is 0 Å². The lowest BCUT2D eigenvalue weighted by Crippen LogP contribution is -2.30. The van der Waals surface area contributed by atoms with Crippen LogP contribution in [0.15, 0.2) is 54.7 Å². The number of carbonyl (C=O) groups is 2. The number of amides is 2. The van der Waals surface area contributed by atoms with Crippen LogP contribution in [0.25, 0.3) is 10.9 Å². The van der Waals surface area contributed by atoms with Crippen LogP contribution in [0.5, 0.6) is 0 Å². The summed E-state index contributed by atoms with van der Waals surface area (Å²) >= 11 is 0. The van der Waals surface area contributed by atoms with Gasteiger partial charge in [0.2, 0.25) is 11.8 Å². The fourth-order valence-electron chi connectivity index (χ4n) is 4.07. The van der Waals surface area contributed by atoms with Crippen LogP contribution in [0.2, 0.25) is 0 Å². The Bertz CT molecular complexity index is 1010. The smallest absolute Gasteiger partial charge is 0.227 e. The highest BCUT2D eigenvalue weighted by atomic mass is 16.2. The normalized spacial score (nSPS) is 12.9. The third-order valence-electron chi connectivity index (χ3n) is 5.60. The number of aromatic amines is 1. The van der Waals surface area contributed by atoms with Crippen LogP contribution < -0.4 is 10.2 Å². The van der Waals surface area contributed by atoms with Crippen molar-refractivity contribution in [1.82, 2.24) is 10.3 Å². The highest BCUT2D eigenvalue weighted by Crippen LogP contribution is 2.28. The van der Waals surface area contributed by atoms with Gasteiger partial charge < -0.3 is 15.2 Å². The second kappa shape index (κ2) is 8.95. The molecule has 3 aromatic rings. The molecule has 29 heavy (non-hydrogen) atoms. The highest BCUT2D eigenvalue weighted by molar-refractivity contribution is 5.95. The molecule has 150 valence electrons. The minimum atomic E-state index is 0.0591. The Morgan fingerprint density at radius 2 is 1.83 bits per heavy atom. The van der Waals surface area contributed by atoms with Crippen molar-refractivity contribution in [2.24, 2.45) is 0 Å². The van der Waals surface area contributed by atoms with Gasteiger partial charge >= 0.3 is 0 Å². The summed E-state index contributed by atoms with van der Waals surface area (Å²) < 4.78 is 0. The van der Waals surface area contributed by atoms with Crippen molar-refractivity contribution in [2.75, 3.05) is 18.0 Å². The van der Waals surface area contributed by atoms with E-state index in [2.05, 4.69) is 28.5 Å². The van der Waals surface area contributed by atoms with Crippen molar-refractivity contribution >= 4 is 28.4 Å². The van der Waals surface area contributed by atoms with Crippen LogP contribution >= 0.6 is 0 Å². The van der Waals surface area contributed by atoms with Crippen LogP contribution in [0, 0.1) is 0 Å². The van der Waals surface area contributed by atoms with E-state index in [1.807, 2.05) is 41.4 Å². The molecule has 2 N–H and O–H groups in total. The second-order valence-corrected chi connectivity index (χ2v) is 7.59. The van der Waals surface area contributed by atoms with E-state index in [1.165, 1.54) is 16.5 Å². The summed E-state index contributed by atoms with van der Waals surface area (Å²) in [4.78, 5) is 29.7. The van der Waals surface area contributed by atoms with Crippen LogP contribution in [0.1, 0.15) is 36.8 Å². The summed E-state index contributed by atoms with van der Waals surface area (Å²) in [5.74, 6) is 0.201. The quantitative estimate of drug-likeness (QED) is 0.573. The third kappa shape index (κ3) is 4.50. The number of nitrogens with one attached hydrogen (secondary N) is 2. The predicted octanol–water partition coefficient (Wildman–Crippen LogP) is 3.98. The predicted molar refractivity (Wildman–Crippen MR) is 116 cm³/mol. The molecule has 1 aromatic heterocycles. The molecule has 2 aromatic carbocycles. The maximum atomic E-state index is 12.5. The lowest BCUT2D eigenvalue weighted by molar-refractivity contribution is -0.122. The molecule has 0 aliphatic carbocycles. The molecule has 0 fully saturated rings. The number of nitrogens with zero attached hydrogens (tertiary/aromatic N) is 1. The van der Waals surface area contributed by atoms with Crippen molar-refractivity contribution in [3.63, 3.8) is 0 Å². The molecule has 1 aliphatic rings. The molecule has 2 heterocycles. The van der Waals surface area contributed by atoms with Crippen molar-refractivity contribution < 1.29 is 9.59 Å². The van der Waals surface area contributed by atoms with Gasteiger partial charge in [-0.2, -0.15) is 0 Å². The van der Waals surface area contributed by atoms with Gasteiger partial charge in [0.25, 0.3) is 0 Å². The van der Waals surface area contributed by atoms with Crippen molar-refractivity contribution in [3.8, 4) is 0 Å².